The van der Waals surface area contributed by atoms with E-state index in [0.717, 1.165) is 11.1 Å². The van der Waals surface area contributed by atoms with E-state index < -0.39 is 23.9 Å². The highest BCUT2D eigenvalue weighted by atomic mass is 16.5. The van der Waals surface area contributed by atoms with Gasteiger partial charge >= 0.3 is 23.9 Å². The molecule has 0 radical (unpaired) electrons. The molecule has 0 spiro atoms. The van der Waals surface area contributed by atoms with Crippen molar-refractivity contribution in [2.45, 2.75) is 41.5 Å². The third kappa shape index (κ3) is 12.0. The number of carbonyl (C=O) groups excluding carboxylic acids is 4. The topological polar surface area (TPSA) is 130 Å². The van der Waals surface area contributed by atoms with Gasteiger partial charge in [-0.05, 0) is 76.9 Å². The number of rotatable bonds is 19. The SMILES string of the molecule is CCOC(=O)CN(CC(=O)OCC)c1ccc(C)cc1OCCOc1cc(C)ccc1N(CC(=O)OCC)CC(=O)OCC. The number of aryl methyl sites for hydroxylation is 2. The Kier molecular flexibility index (Phi) is 15.4. The van der Waals surface area contributed by atoms with Crippen LogP contribution in [0.25, 0.3) is 0 Å². The molecule has 2 rings (SSSR count). The maximum atomic E-state index is 12.3. The van der Waals surface area contributed by atoms with Crippen LogP contribution in [0.2, 0.25) is 0 Å². The number of carbonyl (C=O) groups is 4. The zero-order valence-corrected chi connectivity index (χ0v) is 26.5. The lowest BCUT2D eigenvalue weighted by Crippen LogP contribution is -2.36. The van der Waals surface area contributed by atoms with Crippen LogP contribution >= 0.6 is 0 Å². The van der Waals surface area contributed by atoms with E-state index in [0.29, 0.717) is 22.9 Å². The summed E-state index contributed by atoms with van der Waals surface area (Å²) < 4.78 is 32.6. The van der Waals surface area contributed by atoms with Crippen LogP contribution in [0.5, 0.6) is 11.5 Å². The van der Waals surface area contributed by atoms with E-state index >= 15 is 0 Å². The first kappa shape index (κ1) is 35.7. The molecule has 242 valence electrons. The molecule has 0 aliphatic rings. The lowest BCUT2D eigenvalue weighted by atomic mass is 10.2. The summed E-state index contributed by atoms with van der Waals surface area (Å²) in [6.07, 6.45) is 0. The van der Waals surface area contributed by atoms with E-state index in [1.165, 1.54) is 0 Å². The third-order valence-corrected chi connectivity index (χ3v) is 6.01. The second-order valence-corrected chi connectivity index (χ2v) is 9.57. The van der Waals surface area contributed by atoms with E-state index in [4.69, 9.17) is 28.4 Å². The molecule has 0 N–H and O–H groups in total. The van der Waals surface area contributed by atoms with Crippen molar-refractivity contribution >= 4 is 35.3 Å². The lowest BCUT2D eigenvalue weighted by molar-refractivity contribution is -0.144. The summed E-state index contributed by atoms with van der Waals surface area (Å²) >= 11 is 0. The first-order valence-corrected chi connectivity index (χ1v) is 14.7. The van der Waals surface area contributed by atoms with E-state index in [1.54, 1.807) is 61.8 Å². The number of hydrogen-bond donors (Lipinski definition) is 0. The molecule has 2 aromatic rings. The molecule has 0 saturated heterocycles. The molecule has 0 aliphatic carbocycles. The van der Waals surface area contributed by atoms with Gasteiger partial charge in [0.05, 0.1) is 37.8 Å². The molecule has 0 fully saturated rings. The number of nitrogens with zero attached hydrogens (tertiary/aromatic N) is 2. The number of anilines is 2. The first-order valence-electron chi connectivity index (χ1n) is 14.7. The zero-order valence-electron chi connectivity index (χ0n) is 26.5. The Balaban J connectivity index is 2.25. The van der Waals surface area contributed by atoms with Crippen molar-refractivity contribution in [1.82, 2.24) is 0 Å². The zero-order chi connectivity index (χ0) is 32.5. The minimum absolute atomic E-state index is 0.103. The van der Waals surface area contributed by atoms with Crippen LogP contribution in [0.15, 0.2) is 36.4 Å². The Hall–Kier alpha value is -4.48. The third-order valence-electron chi connectivity index (χ3n) is 6.01. The normalized spacial score (nSPS) is 10.4. The molecule has 44 heavy (non-hydrogen) atoms. The molecule has 0 aromatic heterocycles. The first-order chi connectivity index (χ1) is 21.1. The molecule has 0 heterocycles. The summed E-state index contributed by atoms with van der Waals surface area (Å²) in [5.74, 6) is -1.08. The van der Waals surface area contributed by atoms with E-state index in [-0.39, 0.29) is 65.8 Å². The van der Waals surface area contributed by atoms with Gasteiger partial charge in [0.25, 0.3) is 0 Å². The predicted octanol–water partition coefficient (Wildman–Crippen LogP) is 3.63. The Labute approximate surface area is 259 Å². The van der Waals surface area contributed by atoms with Crippen LogP contribution in [-0.2, 0) is 38.1 Å². The van der Waals surface area contributed by atoms with Crippen LogP contribution in [-0.4, -0.2) is 89.7 Å². The highest BCUT2D eigenvalue weighted by molar-refractivity contribution is 5.83. The highest BCUT2D eigenvalue weighted by Crippen LogP contribution is 2.31. The van der Waals surface area contributed by atoms with Gasteiger partial charge in [-0.2, -0.15) is 0 Å². The fourth-order valence-corrected chi connectivity index (χ4v) is 4.20. The van der Waals surface area contributed by atoms with Gasteiger partial charge in [-0.1, -0.05) is 12.1 Å². The van der Waals surface area contributed by atoms with Gasteiger partial charge in [0, 0.05) is 0 Å². The van der Waals surface area contributed by atoms with Crippen molar-refractivity contribution in [1.29, 1.82) is 0 Å². The summed E-state index contributed by atoms with van der Waals surface area (Å²) in [5, 5.41) is 0. The average molecular weight is 617 g/mol. The fraction of sp³-hybridized carbons (Fsp3) is 0.500. The maximum Gasteiger partial charge on any atom is 0.325 e. The fourth-order valence-electron chi connectivity index (χ4n) is 4.20. The Morgan fingerprint density at radius 1 is 0.523 bits per heavy atom. The lowest BCUT2D eigenvalue weighted by Gasteiger charge is -2.26. The van der Waals surface area contributed by atoms with E-state index in [9.17, 15) is 19.2 Å². The van der Waals surface area contributed by atoms with Crippen molar-refractivity contribution in [2.75, 3.05) is 75.6 Å². The quantitative estimate of drug-likeness (QED) is 0.130. The summed E-state index contributed by atoms with van der Waals surface area (Å²) in [6, 6.07) is 10.8. The largest absolute Gasteiger partial charge is 0.488 e. The molecule has 12 nitrogen and oxygen atoms in total. The number of ether oxygens (including phenoxy) is 6. The highest BCUT2D eigenvalue weighted by Gasteiger charge is 2.22. The monoisotopic (exact) mass is 616 g/mol. The Bertz CT molecular complexity index is 1110. The van der Waals surface area contributed by atoms with E-state index in [1.807, 2.05) is 26.0 Å². The van der Waals surface area contributed by atoms with Crippen molar-refractivity contribution in [3.05, 3.63) is 47.5 Å². The molecule has 0 amide bonds. The maximum absolute atomic E-state index is 12.3. The number of benzene rings is 2. The molecule has 0 atom stereocenters. The van der Waals surface area contributed by atoms with Gasteiger partial charge in [0.15, 0.2) is 0 Å². The van der Waals surface area contributed by atoms with Crippen LogP contribution in [0.4, 0.5) is 11.4 Å². The van der Waals surface area contributed by atoms with Crippen molar-refractivity contribution in [3.63, 3.8) is 0 Å². The standard InChI is InChI=1S/C32H44N2O10/c1-7-39-29(35)19-33(20-30(36)40-8-2)25-13-11-23(5)17-27(25)43-15-16-44-28-18-24(6)12-14-26(28)34(21-31(37)41-9-3)22-32(38)42-10-4/h11-14,17-18H,7-10,15-16,19-22H2,1-6H3. The predicted molar refractivity (Wildman–Crippen MR) is 164 cm³/mol. The minimum atomic E-state index is -0.492. The molecule has 0 unspecified atom stereocenters. The second kappa shape index (κ2) is 18.9. The smallest absolute Gasteiger partial charge is 0.325 e. The van der Waals surface area contributed by atoms with Gasteiger partial charge in [-0.25, -0.2) is 0 Å². The summed E-state index contributed by atoms with van der Waals surface area (Å²) in [5.41, 5.74) is 2.85. The second-order valence-electron chi connectivity index (χ2n) is 9.57. The average Bonchev–Trinajstić information content (AvgIpc) is 2.95. The molecule has 0 bridgehead atoms. The van der Waals surface area contributed by atoms with Gasteiger partial charge in [0.2, 0.25) is 0 Å². The summed E-state index contributed by atoms with van der Waals surface area (Å²) in [6.45, 7) is 11.0. The van der Waals surface area contributed by atoms with Gasteiger partial charge < -0.3 is 38.2 Å². The summed E-state index contributed by atoms with van der Waals surface area (Å²) in [4.78, 5) is 52.5. The number of hydrogen-bond acceptors (Lipinski definition) is 12. The van der Waals surface area contributed by atoms with Gasteiger partial charge in [-0.15, -0.1) is 0 Å². The van der Waals surface area contributed by atoms with Gasteiger partial charge in [0.1, 0.15) is 50.9 Å². The Morgan fingerprint density at radius 2 is 0.818 bits per heavy atom. The molecule has 12 heteroatoms. The van der Waals surface area contributed by atoms with Crippen LogP contribution < -0.4 is 19.3 Å². The number of esters is 4. The molecule has 0 saturated carbocycles. The van der Waals surface area contributed by atoms with Crippen molar-refractivity contribution in [2.24, 2.45) is 0 Å². The van der Waals surface area contributed by atoms with Crippen molar-refractivity contribution < 1.29 is 47.6 Å². The molecular formula is C32H44N2O10. The molecule has 2 aromatic carbocycles. The van der Waals surface area contributed by atoms with Crippen LogP contribution in [0, 0.1) is 13.8 Å². The van der Waals surface area contributed by atoms with Gasteiger partial charge in [-0.3, -0.25) is 19.2 Å². The minimum Gasteiger partial charge on any atom is -0.488 e. The Morgan fingerprint density at radius 3 is 1.09 bits per heavy atom. The molecular weight excluding hydrogens is 572 g/mol. The van der Waals surface area contributed by atoms with Crippen LogP contribution in [0.1, 0.15) is 38.8 Å². The van der Waals surface area contributed by atoms with Crippen LogP contribution in [0.3, 0.4) is 0 Å². The molecule has 0 aliphatic heterocycles. The summed E-state index contributed by atoms with van der Waals surface area (Å²) in [7, 11) is 0. The van der Waals surface area contributed by atoms with Crippen molar-refractivity contribution in [3.8, 4) is 11.5 Å². The van der Waals surface area contributed by atoms with E-state index in [2.05, 4.69) is 0 Å².